The molecular formula is C29H50O2S. The molecule has 0 bridgehead atoms. The van der Waals surface area contributed by atoms with Crippen molar-refractivity contribution >= 4 is 17.7 Å². The molecule has 0 N–H and O–H groups in total. The Labute approximate surface area is 202 Å². The summed E-state index contributed by atoms with van der Waals surface area (Å²) < 4.78 is 5.86. The van der Waals surface area contributed by atoms with Gasteiger partial charge in [0, 0.05) is 0 Å². The van der Waals surface area contributed by atoms with Gasteiger partial charge in [-0.2, -0.15) is 11.8 Å². The van der Waals surface area contributed by atoms with Crippen LogP contribution in [0.3, 0.4) is 0 Å². The SMILES string of the molecule is CSCC(=O)OC1CCC2(C)C(CCC3C4CCC(CCCCC(C)C)C4(C)CCC32)C1. The predicted octanol–water partition coefficient (Wildman–Crippen LogP) is 8.14. The molecule has 4 saturated carbocycles. The molecule has 0 aromatic rings. The van der Waals surface area contributed by atoms with Crippen molar-refractivity contribution in [3.63, 3.8) is 0 Å². The van der Waals surface area contributed by atoms with E-state index in [1.807, 2.05) is 6.26 Å². The van der Waals surface area contributed by atoms with E-state index in [1.54, 1.807) is 11.8 Å². The lowest BCUT2D eigenvalue weighted by Crippen LogP contribution is -2.54. The summed E-state index contributed by atoms with van der Waals surface area (Å²) in [5, 5.41) is 0. The molecule has 0 amide bonds. The third-order valence-corrected chi connectivity index (χ3v) is 11.5. The maximum atomic E-state index is 12.1. The summed E-state index contributed by atoms with van der Waals surface area (Å²) >= 11 is 1.58. The van der Waals surface area contributed by atoms with Gasteiger partial charge in [-0.1, -0.05) is 47.0 Å². The van der Waals surface area contributed by atoms with E-state index in [0.29, 0.717) is 16.6 Å². The molecule has 8 atom stereocenters. The van der Waals surface area contributed by atoms with Crippen molar-refractivity contribution in [2.75, 3.05) is 12.0 Å². The molecule has 0 aromatic carbocycles. The molecule has 8 unspecified atom stereocenters. The highest BCUT2D eigenvalue weighted by atomic mass is 32.2. The fourth-order valence-electron chi connectivity index (χ4n) is 9.19. The number of carbonyl (C=O) groups is 1. The lowest BCUT2D eigenvalue weighted by molar-refractivity contribution is -0.159. The Morgan fingerprint density at radius 1 is 0.969 bits per heavy atom. The summed E-state index contributed by atoms with van der Waals surface area (Å²) in [5.41, 5.74) is 1.11. The van der Waals surface area contributed by atoms with Gasteiger partial charge in [0.1, 0.15) is 6.10 Å². The fraction of sp³-hybridized carbons (Fsp3) is 0.966. The highest BCUT2D eigenvalue weighted by Gasteiger charge is 2.60. The first-order valence-electron chi connectivity index (χ1n) is 14.0. The fourth-order valence-corrected chi connectivity index (χ4v) is 9.49. The topological polar surface area (TPSA) is 26.3 Å². The maximum absolute atomic E-state index is 12.1. The minimum Gasteiger partial charge on any atom is -0.462 e. The van der Waals surface area contributed by atoms with Gasteiger partial charge in [0.05, 0.1) is 5.75 Å². The van der Waals surface area contributed by atoms with Crippen LogP contribution in [0.4, 0.5) is 0 Å². The molecule has 0 aromatic heterocycles. The van der Waals surface area contributed by atoms with E-state index < -0.39 is 0 Å². The van der Waals surface area contributed by atoms with Gasteiger partial charge in [0.15, 0.2) is 0 Å². The number of hydrogen-bond acceptors (Lipinski definition) is 3. The van der Waals surface area contributed by atoms with Crippen LogP contribution in [0, 0.1) is 46.3 Å². The second-order valence-corrected chi connectivity index (χ2v) is 13.8. The summed E-state index contributed by atoms with van der Waals surface area (Å²) in [6, 6.07) is 0. The zero-order chi connectivity index (χ0) is 22.9. The summed E-state index contributed by atoms with van der Waals surface area (Å²) in [4.78, 5) is 12.1. The second kappa shape index (κ2) is 10.2. The Bertz CT molecular complexity index is 647. The summed E-state index contributed by atoms with van der Waals surface area (Å²) in [6.45, 7) is 10.1. The molecule has 0 aliphatic heterocycles. The molecule has 4 aliphatic rings. The van der Waals surface area contributed by atoms with Crippen LogP contribution in [0.1, 0.15) is 111 Å². The van der Waals surface area contributed by atoms with Crippen LogP contribution in [0.2, 0.25) is 0 Å². The highest BCUT2D eigenvalue weighted by Crippen LogP contribution is 2.68. The summed E-state index contributed by atoms with van der Waals surface area (Å²) in [7, 11) is 0. The first kappa shape index (κ1) is 24.9. The normalized spacial score (nSPS) is 43.4. The number of hydrogen-bond donors (Lipinski definition) is 0. The number of ether oxygens (including phenoxy) is 1. The number of fused-ring (bicyclic) bond motifs is 5. The molecule has 0 spiro atoms. The van der Waals surface area contributed by atoms with E-state index in [0.717, 1.165) is 48.3 Å². The van der Waals surface area contributed by atoms with Crippen LogP contribution < -0.4 is 0 Å². The van der Waals surface area contributed by atoms with E-state index >= 15 is 0 Å². The zero-order valence-corrected chi connectivity index (χ0v) is 22.5. The monoisotopic (exact) mass is 462 g/mol. The van der Waals surface area contributed by atoms with Crippen molar-refractivity contribution < 1.29 is 9.53 Å². The van der Waals surface area contributed by atoms with Crippen LogP contribution in [0.25, 0.3) is 0 Å². The van der Waals surface area contributed by atoms with Crippen molar-refractivity contribution in [3.8, 4) is 0 Å². The van der Waals surface area contributed by atoms with Gasteiger partial charge < -0.3 is 4.74 Å². The zero-order valence-electron chi connectivity index (χ0n) is 21.7. The van der Waals surface area contributed by atoms with Gasteiger partial charge in [-0.25, -0.2) is 0 Å². The van der Waals surface area contributed by atoms with Gasteiger partial charge in [0.2, 0.25) is 0 Å². The average molecular weight is 463 g/mol. The predicted molar refractivity (Wildman–Crippen MR) is 137 cm³/mol. The van der Waals surface area contributed by atoms with Crippen molar-refractivity contribution in [1.82, 2.24) is 0 Å². The lowest BCUT2D eigenvalue weighted by atomic mass is 9.44. The largest absolute Gasteiger partial charge is 0.462 e. The molecular weight excluding hydrogens is 412 g/mol. The maximum Gasteiger partial charge on any atom is 0.316 e. The van der Waals surface area contributed by atoms with Gasteiger partial charge in [-0.3, -0.25) is 4.79 Å². The van der Waals surface area contributed by atoms with E-state index in [1.165, 1.54) is 70.6 Å². The Kier molecular flexibility index (Phi) is 7.95. The van der Waals surface area contributed by atoms with E-state index in [9.17, 15) is 4.79 Å². The molecule has 2 nitrogen and oxygen atoms in total. The van der Waals surface area contributed by atoms with Gasteiger partial charge >= 0.3 is 5.97 Å². The van der Waals surface area contributed by atoms with Crippen LogP contribution >= 0.6 is 11.8 Å². The minimum atomic E-state index is -0.00128. The Balaban J connectivity index is 1.37. The highest BCUT2D eigenvalue weighted by molar-refractivity contribution is 7.99. The van der Waals surface area contributed by atoms with Gasteiger partial charge in [-0.05, 0) is 117 Å². The molecule has 32 heavy (non-hydrogen) atoms. The molecule has 0 saturated heterocycles. The molecule has 3 heteroatoms. The van der Waals surface area contributed by atoms with E-state index in [2.05, 4.69) is 27.7 Å². The Hall–Kier alpha value is -0.180. The standard InChI is InChI=1S/C29H50O2S/c1-20(2)8-6-7-9-21-11-13-25-24-12-10-22-18-23(31-27(30)19-32-5)14-16-29(22,4)26(24)15-17-28(21,25)3/h20-26H,6-19H2,1-5H3. The van der Waals surface area contributed by atoms with Crippen molar-refractivity contribution in [2.24, 2.45) is 46.3 Å². The quantitative estimate of drug-likeness (QED) is 0.269. The van der Waals surface area contributed by atoms with E-state index in [4.69, 9.17) is 4.74 Å². The Morgan fingerprint density at radius 3 is 2.47 bits per heavy atom. The third-order valence-electron chi connectivity index (χ3n) is 11.0. The number of carbonyl (C=O) groups excluding carboxylic acids is 1. The first-order valence-corrected chi connectivity index (χ1v) is 15.4. The van der Waals surface area contributed by atoms with Crippen molar-refractivity contribution in [2.45, 2.75) is 117 Å². The number of esters is 1. The molecule has 0 radical (unpaired) electrons. The van der Waals surface area contributed by atoms with Crippen LogP contribution in [-0.4, -0.2) is 24.1 Å². The van der Waals surface area contributed by atoms with Crippen LogP contribution in [0.5, 0.6) is 0 Å². The second-order valence-electron chi connectivity index (χ2n) is 13.0. The Morgan fingerprint density at radius 2 is 1.72 bits per heavy atom. The summed E-state index contributed by atoms with van der Waals surface area (Å²) in [6.07, 6.45) is 20.2. The molecule has 4 fully saturated rings. The smallest absolute Gasteiger partial charge is 0.316 e. The van der Waals surface area contributed by atoms with Crippen molar-refractivity contribution in [3.05, 3.63) is 0 Å². The lowest BCUT2D eigenvalue weighted by Gasteiger charge is -2.61. The molecule has 4 aliphatic carbocycles. The van der Waals surface area contributed by atoms with Gasteiger partial charge in [-0.15, -0.1) is 0 Å². The van der Waals surface area contributed by atoms with E-state index in [-0.39, 0.29) is 12.1 Å². The van der Waals surface area contributed by atoms with Crippen LogP contribution in [0.15, 0.2) is 0 Å². The average Bonchev–Trinajstić information content (AvgIpc) is 3.08. The summed E-state index contributed by atoms with van der Waals surface area (Å²) in [5.74, 6) is 5.97. The van der Waals surface area contributed by atoms with Crippen molar-refractivity contribution in [1.29, 1.82) is 0 Å². The third kappa shape index (κ3) is 4.80. The minimum absolute atomic E-state index is 0.00128. The molecule has 0 heterocycles. The van der Waals surface area contributed by atoms with Crippen LogP contribution in [-0.2, 0) is 9.53 Å². The number of unbranched alkanes of at least 4 members (excludes halogenated alkanes) is 1. The van der Waals surface area contributed by atoms with Gasteiger partial charge in [0.25, 0.3) is 0 Å². The number of rotatable bonds is 8. The molecule has 184 valence electrons. The molecule has 4 rings (SSSR count). The number of thioether (sulfide) groups is 1. The first-order chi connectivity index (χ1) is 15.3.